The first kappa shape index (κ1) is 36.2. The van der Waals surface area contributed by atoms with E-state index in [9.17, 15) is 14.4 Å². The van der Waals surface area contributed by atoms with Crippen LogP contribution in [0.3, 0.4) is 0 Å². The molecule has 0 unspecified atom stereocenters. The van der Waals surface area contributed by atoms with Gasteiger partial charge in [-0.1, -0.05) is 91.0 Å². The Morgan fingerprint density at radius 2 is 1.52 bits per heavy atom. The van der Waals surface area contributed by atoms with Gasteiger partial charge in [0.25, 0.3) is 5.91 Å². The summed E-state index contributed by atoms with van der Waals surface area (Å²) >= 11 is 0. The van der Waals surface area contributed by atoms with E-state index in [2.05, 4.69) is 10.6 Å². The summed E-state index contributed by atoms with van der Waals surface area (Å²) in [7, 11) is 0. The van der Waals surface area contributed by atoms with Crippen LogP contribution in [0.5, 0.6) is 0 Å². The third kappa shape index (κ3) is 8.30. The number of aliphatic hydroxyl groups is 2. The predicted octanol–water partition coefficient (Wildman–Crippen LogP) is 4.25. The number of ether oxygens (including phenoxy) is 4. The molecule has 268 valence electrons. The van der Waals surface area contributed by atoms with Gasteiger partial charge in [0.2, 0.25) is 11.7 Å². The Morgan fingerprint density at radius 3 is 2.23 bits per heavy atom. The van der Waals surface area contributed by atoms with Crippen molar-refractivity contribution in [1.82, 2.24) is 10.6 Å². The van der Waals surface area contributed by atoms with Crippen LogP contribution in [0.2, 0.25) is 0 Å². The lowest BCUT2D eigenvalue weighted by molar-refractivity contribution is -0.157. The second kappa shape index (κ2) is 17.1. The maximum atomic E-state index is 13.9. The molecule has 11 nitrogen and oxygen atoms in total. The molecule has 0 aromatic heterocycles. The molecular formula is C41H40N2O9. The molecule has 0 radical (unpaired) electrons. The van der Waals surface area contributed by atoms with E-state index in [1.807, 2.05) is 60.7 Å². The number of hydrogen-bond donors (Lipinski definition) is 4. The van der Waals surface area contributed by atoms with Crippen molar-refractivity contribution in [2.45, 2.75) is 37.1 Å². The average Bonchev–Trinajstić information content (AvgIpc) is 3.60. The van der Waals surface area contributed by atoms with Crippen molar-refractivity contribution < 1.29 is 43.5 Å². The molecule has 2 amide bonds. The maximum Gasteiger partial charge on any atom is 0.339 e. The Kier molecular flexibility index (Phi) is 11.9. The van der Waals surface area contributed by atoms with E-state index < -0.39 is 30.1 Å². The van der Waals surface area contributed by atoms with Crippen LogP contribution in [-0.4, -0.2) is 72.7 Å². The highest BCUT2D eigenvalue weighted by Gasteiger charge is 2.55. The van der Waals surface area contributed by atoms with E-state index in [1.165, 1.54) is 6.26 Å². The van der Waals surface area contributed by atoms with Crippen molar-refractivity contribution in [3.63, 3.8) is 0 Å². The van der Waals surface area contributed by atoms with E-state index in [0.717, 1.165) is 11.1 Å². The topological polar surface area (TPSA) is 153 Å². The standard InChI is InChI=1S/C41H40N2O9/c44-20-19-42-38(46)30-12-9-10-28(24-30)27-43-39(47)31-25-35(50-40(48)34-17-8-7-11-29(34)18-22-49-23-21-45)37-36(26-31)51-41(52-37,32-13-3-1-4-14-32)33-15-5-2-6-16-33/h1-18,22,24,26,35-37,44-45H,19-21,23,25,27H2,(H,42,46)(H,43,47)/t35-,36-,37+/m1/s1. The summed E-state index contributed by atoms with van der Waals surface area (Å²) in [5.41, 5.74) is 3.75. The van der Waals surface area contributed by atoms with Gasteiger partial charge in [-0.25, -0.2) is 4.79 Å². The quantitative estimate of drug-likeness (QED) is 0.0858. The van der Waals surface area contributed by atoms with Gasteiger partial charge in [-0.15, -0.1) is 0 Å². The summed E-state index contributed by atoms with van der Waals surface area (Å²) in [4.78, 5) is 40.1. The number of carbonyl (C=O) groups is 3. The molecule has 1 fully saturated rings. The van der Waals surface area contributed by atoms with E-state index in [-0.39, 0.29) is 56.7 Å². The SMILES string of the molecule is O=C(NCc1cccc(C(=O)NCCO)c1)C1=C[C@H]2OC(c3ccccc3)(c3ccccc3)O[C@H]2[C@H](OC(=O)c2ccccc2C=COCCO)C1. The zero-order valence-electron chi connectivity index (χ0n) is 28.4. The van der Waals surface area contributed by atoms with Gasteiger partial charge in [0.05, 0.1) is 25.0 Å². The minimum absolute atomic E-state index is 0.0446. The van der Waals surface area contributed by atoms with E-state index >= 15 is 0 Å². The van der Waals surface area contributed by atoms with Crippen molar-refractivity contribution in [1.29, 1.82) is 0 Å². The highest BCUT2D eigenvalue weighted by Crippen LogP contribution is 2.47. The van der Waals surface area contributed by atoms with Crippen molar-refractivity contribution in [3.05, 3.63) is 160 Å². The summed E-state index contributed by atoms with van der Waals surface area (Å²) < 4.78 is 25.1. The van der Waals surface area contributed by atoms with Crippen molar-refractivity contribution >= 4 is 23.9 Å². The number of rotatable bonds is 14. The zero-order chi connectivity index (χ0) is 36.3. The molecule has 1 aliphatic heterocycles. The monoisotopic (exact) mass is 704 g/mol. The number of amides is 2. The second-order valence-corrected chi connectivity index (χ2v) is 12.2. The molecule has 4 N–H and O–H groups in total. The number of carbonyl (C=O) groups excluding carboxylic acids is 3. The summed E-state index contributed by atoms with van der Waals surface area (Å²) in [5.74, 6) is -2.70. The summed E-state index contributed by atoms with van der Waals surface area (Å²) in [6.45, 7) is 0.0459. The molecule has 1 saturated heterocycles. The van der Waals surface area contributed by atoms with Crippen LogP contribution in [0, 0.1) is 0 Å². The predicted molar refractivity (Wildman–Crippen MR) is 192 cm³/mol. The van der Waals surface area contributed by atoms with Crippen molar-refractivity contribution in [2.75, 3.05) is 26.4 Å². The van der Waals surface area contributed by atoms with Crippen LogP contribution >= 0.6 is 0 Å². The minimum atomic E-state index is -1.35. The molecular weight excluding hydrogens is 664 g/mol. The minimum Gasteiger partial charge on any atom is -0.499 e. The van der Waals surface area contributed by atoms with E-state index in [0.29, 0.717) is 22.3 Å². The smallest absolute Gasteiger partial charge is 0.339 e. The molecule has 4 aromatic carbocycles. The first-order chi connectivity index (χ1) is 25.4. The van der Waals surface area contributed by atoms with Crippen LogP contribution in [-0.2, 0) is 36.1 Å². The summed E-state index contributed by atoms with van der Waals surface area (Å²) in [6, 6.07) is 32.7. The zero-order valence-corrected chi connectivity index (χ0v) is 28.4. The van der Waals surface area contributed by atoms with Crippen LogP contribution in [0.25, 0.3) is 6.08 Å². The fourth-order valence-corrected chi connectivity index (χ4v) is 6.25. The lowest BCUT2D eigenvalue weighted by Gasteiger charge is -2.31. The lowest BCUT2D eigenvalue weighted by Crippen LogP contribution is -2.43. The van der Waals surface area contributed by atoms with Crippen LogP contribution in [0.4, 0.5) is 0 Å². The number of fused-ring (bicyclic) bond motifs is 1. The maximum absolute atomic E-state index is 13.9. The molecule has 6 rings (SSSR count). The Balaban J connectivity index is 1.29. The van der Waals surface area contributed by atoms with Crippen LogP contribution < -0.4 is 10.6 Å². The molecule has 0 bridgehead atoms. The lowest BCUT2D eigenvalue weighted by atomic mass is 9.91. The number of benzene rings is 4. The van der Waals surface area contributed by atoms with Gasteiger partial charge >= 0.3 is 5.97 Å². The first-order valence-electron chi connectivity index (χ1n) is 17.0. The molecule has 2 aliphatic rings. The van der Waals surface area contributed by atoms with Gasteiger partial charge in [-0.2, -0.15) is 0 Å². The third-order valence-corrected chi connectivity index (χ3v) is 8.71. The highest BCUT2D eigenvalue weighted by atomic mass is 16.8. The fraction of sp³-hybridized carbons (Fsp3) is 0.244. The number of esters is 1. The van der Waals surface area contributed by atoms with Crippen LogP contribution in [0.1, 0.15) is 49.4 Å². The molecule has 52 heavy (non-hydrogen) atoms. The van der Waals surface area contributed by atoms with Gasteiger partial charge < -0.3 is 39.8 Å². The average molecular weight is 705 g/mol. The third-order valence-electron chi connectivity index (χ3n) is 8.71. The second-order valence-electron chi connectivity index (χ2n) is 12.2. The number of nitrogens with one attached hydrogen (secondary N) is 2. The van der Waals surface area contributed by atoms with Crippen molar-refractivity contribution in [2.24, 2.45) is 0 Å². The first-order valence-corrected chi connectivity index (χ1v) is 17.0. The van der Waals surface area contributed by atoms with E-state index in [1.54, 1.807) is 60.7 Å². The molecule has 4 aromatic rings. The molecule has 1 aliphatic carbocycles. The summed E-state index contributed by atoms with van der Waals surface area (Å²) in [5, 5.41) is 23.6. The Morgan fingerprint density at radius 1 is 0.808 bits per heavy atom. The number of aliphatic hydroxyl groups excluding tert-OH is 2. The summed E-state index contributed by atoms with van der Waals surface area (Å²) in [6.07, 6.45) is 2.33. The molecule has 0 saturated carbocycles. The largest absolute Gasteiger partial charge is 0.499 e. The fourth-order valence-electron chi connectivity index (χ4n) is 6.25. The Labute approximate surface area is 301 Å². The van der Waals surface area contributed by atoms with E-state index in [4.69, 9.17) is 29.2 Å². The van der Waals surface area contributed by atoms with Crippen molar-refractivity contribution in [3.8, 4) is 0 Å². The normalized spacial score (nSPS) is 19.0. The van der Waals surface area contributed by atoms with Gasteiger partial charge in [-0.05, 0) is 41.5 Å². The number of hydrogen-bond acceptors (Lipinski definition) is 9. The molecule has 11 heteroatoms. The Hall–Kier alpha value is -5.59. The van der Waals surface area contributed by atoms with Gasteiger partial charge in [-0.3, -0.25) is 9.59 Å². The molecule has 0 spiro atoms. The molecule has 3 atom stereocenters. The van der Waals surface area contributed by atoms with Crippen LogP contribution in [0.15, 0.2) is 127 Å². The van der Waals surface area contributed by atoms with Gasteiger partial charge in [0.1, 0.15) is 24.9 Å². The molecule has 1 heterocycles. The highest BCUT2D eigenvalue weighted by molar-refractivity contribution is 5.96. The van der Waals surface area contributed by atoms with Gasteiger partial charge in [0.15, 0.2) is 0 Å². The van der Waals surface area contributed by atoms with Gasteiger partial charge in [0, 0.05) is 41.8 Å². The Bertz CT molecular complexity index is 1870.